The Labute approximate surface area is 138 Å². The molecule has 0 unspecified atom stereocenters. The third-order valence-electron chi connectivity index (χ3n) is 2.63. The van der Waals surface area contributed by atoms with Crippen LogP contribution in [-0.2, 0) is 0 Å². The number of carbonyl (C=O) groups is 2. The van der Waals surface area contributed by atoms with Gasteiger partial charge in [-0.2, -0.15) is 0 Å². The highest BCUT2D eigenvalue weighted by atomic mass is 79.9. The van der Waals surface area contributed by atoms with Gasteiger partial charge in [-0.3, -0.25) is 4.79 Å². The van der Waals surface area contributed by atoms with Gasteiger partial charge in [0.25, 0.3) is 5.91 Å². The number of hydrogen-bond donors (Lipinski definition) is 2. The van der Waals surface area contributed by atoms with Crippen LogP contribution in [0.5, 0.6) is 0 Å². The second-order valence-corrected chi connectivity index (χ2v) is 5.81. The van der Waals surface area contributed by atoms with Crippen LogP contribution in [0.3, 0.4) is 0 Å². The van der Waals surface area contributed by atoms with Crippen LogP contribution in [0.15, 0.2) is 40.9 Å². The average Bonchev–Trinajstić information content (AvgIpc) is 2.43. The number of hydrogen-bond acceptors (Lipinski definition) is 2. The molecule has 21 heavy (non-hydrogen) atoms. The van der Waals surface area contributed by atoms with E-state index < -0.39 is 11.9 Å². The normalized spacial score (nSPS) is 10.2. The van der Waals surface area contributed by atoms with Crippen molar-refractivity contribution in [2.24, 2.45) is 0 Å². The number of rotatable bonds is 3. The molecule has 0 saturated carbocycles. The summed E-state index contributed by atoms with van der Waals surface area (Å²) in [4.78, 5) is 23.2. The van der Waals surface area contributed by atoms with Crippen LogP contribution < -0.4 is 5.32 Å². The number of amides is 1. The topological polar surface area (TPSA) is 66.4 Å². The molecule has 108 valence electrons. The summed E-state index contributed by atoms with van der Waals surface area (Å²) < 4.78 is 0.708. The predicted molar refractivity (Wildman–Crippen MR) is 85.5 cm³/mol. The van der Waals surface area contributed by atoms with Crippen molar-refractivity contribution in [3.63, 3.8) is 0 Å². The zero-order chi connectivity index (χ0) is 15.6. The van der Waals surface area contributed by atoms with Gasteiger partial charge < -0.3 is 10.4 Å². The van der Waals surface area contributed by atoms with Gasteiger partial charge >= 0.3 is 5.97 Å². The maximum atomic E-state index is 12.2. The van der Waals surface area contributed by atoms with Crippen molar-refractivity contribution < 1.29 is 14.7 Å². The summed E-state index contributed by atoms with van der Waals surface area (Å²) in [5.74, 6) is -1.61. The summed E-state index contributed by atoms with van der Waals surface area (Å²) in [7, 11) is 0. The third-order valence-corrected chi connectivity index (χ3v) is 3.78. The standard InChI is InChI=1S/C14H8BrCl2NO3/c15-7-1-3-11(16)9(5-7)13(19)18-8-2-4-12(17)10(6-8)14(20)21/h1-6H,(H,18,19)(H,20,21). The fourth-order valence-corrected chi connectivity index (χ4v) is 2.40. The van der Waals surface area contributed by atoms with Crippen molar-refractivity contribution in [1.82, 2.24) is 0 Å². The summed E-state index contributed by atoms with van der Waals surface area (Å²) in [5, 5.41) is 12.0. The largest absolute Gasteiger partial charge is 0.478 e. The third kappa shape index (κ3) is 3.75. The Morgan fingerprint density at radius 1 is 1.00 bits per heavy atom. The summed E-state index contributed by atoms with van der Waals surface area (Å²) in [6, 6.07) is 9.08. The first-order valence-corrected chi connectivity index (χ1v) is 7.22. The van der Waals surface area contributed by atoms with Crippen LogP contribution in [0.1, 0.15) is 20.7 Å². The molecule has 7 heteroatoms. The number of benzene rings is 2. The van der Waals surface area contributed by atoms with E-state index in [1.807, 2.05) is 0 Å². The van der Waals surface area contributed by atoms with Gasteiger partial charge in [0, 0.05) is 10.2 Å². The van der Waals surface area contributed by atoms with Crippen molar-refractivity contribution in [3.8, 4) is 0 Å². The minimum atomic E-state index is -1.17. The van der Waals surface area contributed by atoms with E-state index in [-0.39, 0.29) is 16.1 Å². The first-order valence-electron chi connectivity index (χ1n) is 5.67. The van der Waals surface area contributed by atoms with Crippen LogP contribution in [0.4, 0.5) is 5.69 Å². The van der Waals surface area contributed by atoms with E-state index in [4.69, 9.17) is 28.3 Å². The Bertz CT molecular complexity index is 734. The zero-order valence-electron chi connectivity index (χ0n) is 10.4. The average molecular weight is 389 g/mol. The Morgan fingerprint density at radius 3 is 2.29 bits per heavy atom. The number of carboxylic acid groups (broad SMARTS) is 1. The lowest BCUT2D eigenvalue weighted by atomic mass is 10.1. The number of halogens is 3. The summed E-state index contributed by atoms with van der Waals surface area (Å²) in [6.45, 7) is 0. The highest BCUT2D eigenvalue weighted by Gasteiger charge is 2.14. The minimum Gasteiger partial charge on any atom is -0.478 e. The van der Waals surface area contributed by atoms with Gasteiger partial charge in [0.15, 0.2) is 0 Å². The van der Waals surface area contributed by atoms with Gasteiger partial charge in [-0.25, -0.2) is 4.79 Å². The summed E-state index contributed by atoms with van der Waals surface area (Å²) in [5.41, 5.74) is 0.505. The maximum Gasteiger partial charge on any atom is 0.337 e. The van der Waals surface area contributed by atoms with Crippen LogP contribution in [0, 0.1) is 0 Å². The minimum absolute atomic E-state index is 0.0881. The molecule has 2 N–H and O–H groups in total. The number of carbonyl (C=O) groups excluding carboxylic acids is 1. The number of anilines is 1. The Morgan fingerprint density at radius 2 is 1.62 bits per heavy atom. The van der Waals surface area contributed by atoms with Crippen LogP contribution in [0.2, 0.25) is 10.0 Å². The number of carboxylic acids is 1. The molecule has 0 spiro atoms. The second kappa shape index (κ2) is 6.47. The Balaban J connectivity index is 2.29. The van der Waals surface area contributed by atoms with Crippen molar-refractivity contribution in [2.45, 2.75) is 0 Å². The van der Waals surface area contributed by atoms with Gasteiger partial charge in [0.05, 0.1) is 21.2 Å². The molecule has 0 fully saturated rings. The Kier molecular flexibility index (Phi) is 4.88. The van der Waals surface area contributed by atoms with Crippen LogP contribution >= 0.6 is 39.1 Å². The van der Waals surface area contributed by atoms with Gasteiger partial charge in [0.2, 0.25) is 0 Å². The lowest BCUT2D eigenvalue weighted by Crippen LogP contribution is -2.13. The maximum absolute atomic E-state index is 12.2. The molecule has 2 aromatic rings. The lowest BCUT2D eigenvalue weighted by molar-refractivity contribution is 0.0696. The molecule has 2 rings (SSSR count). The highest BCUT2D eigenvalue weighted by molar-refractivity contribution is 9.10. The molecular weight excluding hydrogens is 381 g/mol. The molecular formula is C14H8BrCl2NO3. The Hall–Kier alpha value is -1.56. The first-order chi connectivity index (χ1) is 9.88. The molecule has 0 aliphatic heterocycles. The van der Waals surface area contributed by atoms with E-state index in [0.717, 1.165) is 0 Å². The van der Waals surface area contributed by atoms with E-state index in [9.17, 15) is 9.59 Å². The molecule has 0 aliphatic carbocycles. The van der Waals surface area contributed by atoms with Crippen LogP contribution in [0.25, 0.3) is 0 Å². The van der Waals surface area contributed by atoms with E-state index in [1.54, 1.807) is 18.2 Å². The molecule has 1 amide bonds. The number of nitrogens with one attached hydrogen (secondary N) is 1. The smallest absolute Gasteiger partial charge is 0.337 e. The van der Waals surface area contributed by atoms with Crippen molar-refractivity contribution in [1.29, 1.82) is 0 Å². The van der Waals surface area contributed by atoms with E-state index in [0.29, 0.717) is 15.2 Å². The molecule has 0 aromatic heterocycles. The predicted octanol–water partition coefficient (Wildman–Crippen LogP) is 4.71. The van der Waals surface area contributed by atoms with Gasteiger partial charge in [-0.15, -0.1) is 0 Å². The number of aromatic carboxylic acids is 1. The zero-order valence-corrected chi connectivity index (χ0v) is 13.5. The van der Waals surface area contributed by atoms with E-state index >= 15 is 0 Å². The van der Waals surface area contributed by atoms with Gasteiger partial charge in [-0.05, 0) is 36.4 Å². The molecule has 0 aliphatic rings. The molecule has 0 bridgehead atoms. The lowest BCUT2D eigenvalue weighted by Gasteiger charge is -2.08. The van der Waals surface area contributed by atoms with Crippen molar-refractivity contribution >= 4 is 56.7 Å². The first kappa shape index (κ1) is 15.8. The molecule has 0 atom stereocenters. The van der Waals surface area contributed by atoms with E-state index in [1.165, 1.54) is 18.2 Å². The molecule has 0 saturated heterocycles. The highest BCUT2D eigenvalue weighted by Crippen LogP contribution is 2.24. The summed E-state index contributed by atoms with van der Waals surface area (Å²) in [6.07, 6.45) is 0. The summed E-state index contributed by atoms with van der Waals surface area (Å²) >= 11 is 15.0. The van der Waals surface area contributed by atoms with Gasteiger partial charge in [-0.1, -0.05) is 39.1 Å². The monoisotopic (exact) mass is 387 g/mol. The van der Waals surface area contributed by atoms with Crippen molar-refractivity contribution in [2.75, 3.05) is 5.32 Å². The van der Waals surface area contributed by atoms with Crippen LogP contribution in [-0.4, -0.2) is 17.0 Å². The quantitative estimate of drug-likeness (QED) is 0.800. The fraction of sp³-hybridized carbons (Fsp3) is 0. The molecule has 0 radical (unpaired) electrons. The fourth-order valence-electron chi connectivity index (χ4n) is 1.64. The second-order valence-electron chi connectivity index (χ2n) is 4.08. The van der Waals surface area contributed by atoms with Crippen molar-refractivity contribution in [3.05, 3.63) is 62.0 Å². The molecule has 2 aromatic carbocycles. The van der Waals surface area contributed by atoms with E-state index in [2.05, 4.69) is 21.2 Å². The van der Waals surface area contributed by atoms with Gasteiger partial charge in [0.1, 0.15) is 0 Å². The SMILES string of the molecule is O=C(O)c1cc(NC(=O)c2cc(Br)ccc2Cl)ccc1Cl. The molecule has 0 heterocycles. The molecule has 4 nitrogen and oxygen atoms in total.